The molecule has 2 N–H and O–H groups in total. The molecule has 88 valence electrons. The fourth-order valence-electron chi connectivity index (χ4n) is 1.65. The van der Waals surface area contributed by atoms with Gasteiger partial charge in [-0.3, -0.25) is 14.6 Å². The summed E-state index contributed by atoms with van der Waals surface area (Å²) in [5.41, 5.74) is 0. The van der Waals surface area contributed by atoms with Gasteiger partial charge in [0.15, 0.2) is 0 Å². The highest BCUT2D eigenvalue weighted by Gasteiger charge is 2.10. The Bertz CT molecular complexity index is 192. The van der Waals surface area contributed by atoms with Gasteiger partial charge in [0.25, 0.3) is 0 Å². The predicted molar refractivity (Wildman–Crippen MR) is 60.9 cm³/mol. The molecule has 5 heteroatoms. The third-order valence-corrected chi connectivity index (χ3v) is 2.70. The Morgan fingerprint density at radius 1 is 1.47 bits per heavy atom. The maximum absolute atomic E-state index is 11.1. The van der Waals surface area contributed by atoms with Gasteiger partial charge < -0.3 is 10.6 Å². The second-order valence-corrected chi connectivity index (χ2v) is 4.00. The average molecular weight is 214 g/mol. The van der Waals surface area contributed by atoms with E-state index in [-0.39, 0.29) is 5.91 Å². The van der Waals surface area contributed by atoms with Crippen LogP contribution in [0.15, 0.2) is 0 Å². The van der Waals surface area contributed by atoms with Gasteiger partial charge in [-0.15, -0.1) is 0 Å². The van der Waals surface area contributed by atoms with Crippen LogP contribution in [0.1, 0.15) is 0 Å². The molecule has 0 aromatic heterocycles. The Labute approximate surface area is 91.8 Å². The molecule has 0 bridgehead atoms. The Hall–Kier alpha value is -0.650. The third-order valence-electron chi connectivity index (χ3n) is 2.70. The van der Waals surface area contributed by atoms with Gasteiger partial charge in [0.1, 0.15) is 0 Å². The van der Waals surface area contributed by atoms with Crippen molar-refractivity contribution in [3.8, 4) is 0 Å². The molecule has 0 radical (unpaired) electrons. The summed E-state index contributed by atoms with van der Waals surface area (Å²) in [6, 6.07) is 0. The van der Waals surface area contributed by atoms with Crippen molar-refractivity contribution in [2.75, 3.05) is 59.9 Å². The SMILES string of the molecule is CNC(=O)CN(C)CCN1CCNCC1. The Kier molecular flexibility index (Phi) is 5.60. The minimum atomic E-state index is 0.0813. The van der Waals surface area contributed by atoms with Gasteiger partial charge in [-0.2, -0.15) is 0 Å². The van der Waals surface area contributed by atoms with E-state index in [1.165, 1.54) is 0 Å². The number of hydrogen-bond acceptors (Lipinski definition) is 4. The molecular weight excluding hydrogens is 192 g/mol. The van der Waals surface area contributed by atoms with Crippen LogP contribution in [-0.2, 0) is 4.79 Å². The average Bonchev–Trinajstić information content (AvgIpc) is 2.27. The predicted octanol–water partition coefficient (Wildman–Crippen LogP) is -1.43. The molecule has 0 saturated carbocycles. The molecule has 0 atom stereocenters. The summed E-state index contributed by atoms with van der Waals surface area (Å²) < 4.78 is 0. The molecule has 1 saturated heterocycles. The highest BCUT2D eigenvalue weighted by Crippen LogP contribution is 1.92. The molecule has 1 heterocycles. The maximum Gasteiger partial charge on any atom is 0.233 e. The Morgan fingerprint density at radius 2 is 2.13 bits per heavy atom. The summed E-state index contributed by atoms with van der Waals surface area (Å²) in [6.07, 6.45) is 0. The van der Waals surface area contributed by atoms with Gasteiger partial charge in [-0.05, 0) is 7.05 Å². The van der Waals surface area contributed by atoms with Crippen molar-refractivity contribution in [1.82, 2.24) is 20.4 Å². The molecule has 0 unspecified atom stereocenters. The lowest BCUT2D eigenvalue weighted by Gasteiger charge is -2.28. The van der Waals surface area contributed by atoms with Gasteiger partial charge in [0.05, 0.1) is 6.54 Å². The van der Waals surface area contributed by atoms with Crippen LogP contribution in [0.25, 0.3) is 0 Å². The van der Waals surface area contributed by atoms with Gasteiger partial charge >= 0.3 is 0 Å². The number of hydrogen-bond donors (Lipinski definition) is 2. The van der Waals surface area contributed by atoms with Gasteiger partial charge in [0.2, 0.25) is 5.91 Å². The van der Waals surface area contributed by atoms with Crippen LogP contribution in [0.2, 0.25) is 0 Å². The van der Waals surface area contributed by atoms with Crippen molar-refractivity contribution < 1.29 is 4.79 Å². The summed E-state index contributed by atoms with van der Waals surface area (Å²) in [5, 5.41) is 5.95. The zero-order chi connectivity index (χ0) is 11.1. The Balaban J connectivity index is 2.09. The van der Waals surface area contributed by atoms with Crippen molar-refractivity contribution in [3.05, 3.63) is 0 Å². The molecule has 1 amide bonds. The first kappa shape index (κ1) is 12.4. The Morgan fingerprint density at radius 3 is 2.73 bits per heavy atom. The van der Waals surface area contributed by atoms with Crippen LogP contribution in [0, 0.1) is 0 Å². The van der Waals surface area contributed by atoms with Crippen LogP contribution in [-0.4, -0.2) is 75.6 Å². The largest absolute Gasteiger partial charge is 0.358 e. The number of carbonyl (C=O) groups excluding carboxylic acids is 1. The van der Waals surface area contributed by atoms with Crippen LogP contribution in [0.3, 0.4) is 0 Å². The molecule has 5 nitrogen and oxygen atoms in total. The standard InChI is InChI=1S/C10H22N4O/c1-11-10(15)9-13(2)7-8-14-5-3-12-4-6-14/h12H,3-9H2,1-2H3,(H,11,15). The molecular formula is C10H22N4O. The van der Waals surface area contributed by atoms with Crippen LogP contribution in [0.4, 0.5) is 0 Å². The quantitative estimate of drug-likeness (QED) is 0.589. The van der Waals surface area contributed by atoms with Crippen LogP contribution < -0.4 is 10.6 Å². The number of likely N-dealkylation sites (N-methyl/N-ethyl adjacent to an activating group) is 2. The topological polar surface area (TPSA) is 47.6 Å². The summed E-state index contributed by atoms with van der Waals surface area (Å²) in [6.45, 7) is 6.89. The lowest BCUT2D eigenvalue weighted by molar-refractivity contribution is -0.121. The number of carbonyl (C=O) groups is 1. The molecule has 0 aliphatic carbocycles. The molecule has 1 aliphatic rings. The maximum atomic E-state index is 11.1. The van der Waals surface area contributed by atoms with E-state index in [0.29, 0.717) is 6.54 Å². The van der Waals surface area contributed by atoms with E-state index in [4.69, 9.17) is 0 Å². The fraction of sp³-hybridized carbons (Fsp3) is 0.900. The van der Waals surface area contributed by atoms with E-state index >= 15 is 0 Å². The van der Waals surface area contributed by atoms with Crippen LogP contribution >= 0.6 is 0 Å². The van der Waals surface area contributed by atoms with E-state index in [1.54, 1.807) is 7.05 Å². The molecule has 1 rings (SSSR count). The highest BCUT2D eigenvalue weighted by atomic mass is 16.1. The van der Waals surface area contributed by atoms with Gasteiger partial charge in [0, 0.05) is 46.3 Å². The second kappa shape index (κ2) is 6.76. The molecule has 1 aliphatic heterocycles. The first-order valence-corrected chi connectivity index (χ1v) is 5.54. The summed E-state index contributed by atoms with van der Waals surface area (Å²) in [7, 11) is 3.66. The molecule has 1 fully saturated rings. The van der Waals surface area contributed by atoms with Crippen molar-refractivity contribution in [1.29, 1.82) is 0 Å². The monoisotopic (exact) mass is 214 g/mol. The number of piperazine rings is 1. The number of nitrogens with one attached hydrogen (secondary N) is 2. The molecule has 15 heavy (non-hydrogen) atoms. The van der Waals surface area contributed by atoms with Crippen molar-refractivity contribution in [2.45, 2.75) is 0 Å². The zero-order valence-electron chi connectivity index (χ0n) is 9.75. The smallest absolute Gasteiger partial charge is 0.233 e. The molecule has 0 aromatic rings. The van der Waals surface area contributed by atoms with Crippen molar-refractivity contribution in [3.63, 3.8) is 0 Å². The van der Waals surface area contributed by atoms with Crippen molar-refractivity contribution in [2.24, 2.45) is 0 Å². The minimum Gasteiger partial charge on any atom is -0.358 e. The van der Waals surface area contributed by atoms with Crippen molar-refractivity contribution >= 4 is 5.91 Å². The third kappa shape index (κ3) is 5.11. The first-order valence-electron chi connectivity index (χ1n) is 5.54. The van der Waals surface area contributed by atoms with E-state index in [2.05, 4.69) is 20.4 Å². The summed E-state index contributed by atoms with van der Waals surface area (Å²) in [5.74, 6) is 0.0813. The summed E-state index contributed by atoms with van der Waals surface area (Å²) >= 11 is 0. The second-order valence-electron chi connectivity index (χ2n) is 4.00. The lowest BCUT2D eigenvalue weighted by atomic mass is 10.3. The fourth-order valence-corrected chi connectivity index (χ4v) is 1.65. The molecule has 0 aromatic carbocycles. The summed E-state index contributed by atoms with van der Waals surface area (Å²) in [4.78, 5) is 15.6. The van der Waals surface area contributed by atoms with E-state index in [1.807, 2.05) is 7.05 Å². The molecule has 0 spiro atoms. The number of amides is 1. The van der Waals surface area contributed by atoms with E-state index < -0.39 is 0 Å². The first-order chi connectivity index (χ1) is 7.22. The lowest BCUT2D eigenvalue weighted by Crippen LogP contribution is -2.46. The number of nitrogens with zero attached hydrogens (tertiary/aromatic N) is 2. The van der Waals surface area contributed by atoms with Gasteiger partial charge in [-0.1, -0.05) is 0 Å². The van der Waals surface area contributed by atoms with Crippen LogP contribution in [0.5, 0.6) is 0 Å². The van der Waals surface area contributed by atoms with Gasteiger partial charge in [-0.25, -0.2) is 0 Å². The highest BCUT2D eigenvalue weighted by molar-refractivity contribution is 5.77. The normalized spacial score (nSPS) is 18.1. The van der Waals surface area contributed by atoms with E-state index in [9.17, 15) is 4.79 Å². The number of rotatable bonds is 5. The minimum absolute atomic E-state index is 0.0813. The zero-order valence-corrected chi connectivity index (χ0v) is 9.75. The van der Waals surface area contributed by atoms with E-state index in [0.717, 1.165) is 39.3 Å².